The minimum atomic E-state index is -1.50. The lowest BCUT2D eigenvalue weighted by atomic mass is 9.74. The Morgan fingerprint density at radius 3 is 2.58 bits per heavy atom. The van der Waals surface area contributed by atoms with Crippen molar-refractivity contribution >= 4 is 0 Å². The number of nitrogens with zero attached hydrogens (tertiary/aromatic N) is 1. The molecule has 2 fully saturated rings. The lowest BCUT2D eigenvalue weighted by molar-refractivity contribution is -0.148. The van der Waals surface area contributed by atoms with Gasteiger partial charge in [-0.05, 0) is 49.7 Å². The van der Waals surface area contributed by atoms with Crippen molar-refractivity contribution in [2.75, 3.05) is 19.7 Å². The van der Waals surface area contributed by atoms with Gasteiger partial charge in [-0.1, -0.05) is 19.9 Å². The number of β-amino-alcohol motifs (C(OH)–C–C–N with tert-alkyl or cyclic N) is 1. The molecule has 3 rings (SSSR count). The number of ether oxygens (including phenoxy) is 1. The van der Waals surface area contributed by atoms with E-state index < -0.39 is 23.3 Å². The Labute approximate surface area is 153 Å². The van der Waals surface area contributed by atoms with E-state index >= 15 is 0 Å². The van der Waals surface area contributed by atoms with Crippen LogP contribution in [0.1, 0.15) is 46.0 Å². The maximum Gasteiger partial charge on any atom is 0.200 e. The van der Waals surface area contributed by atoms with Gasteiger partial charge in [-0.15, -0.1) is 0 Å². The van der Waals surface area contributed by atoms with Gasteiger partial charge in [0, 0.05) is 19.1 Å². The molecule has 2 aliphatic rings. The fraction of sp³-hybridized carbons (Fsp3) is 0.700. The molecule has 6 heteroatoms. The van der Waals surface area contributed by atoms with Crippen molar-refractivity contribution in [2.24, 2.45) is 5.41 Å². The minimum absolute atomic E-state index is 0.248. The van der Waals surface area contributed by atoms with Gasteiger partial charge in [-0.25, -0.2) is 4.39 Å². The lowest BCUT2D eigenvalue weighted by Gasteiger charge is -2.47. The van der Waals surface area contributed by atoms with Crippen LogP contribution in [0.5, 0.6) is 5.75 Å². The summed E-state index contributed by atoms with van der Waals surface area (Å²) in [4.78, 5) is 2.22. The second kappa shape index (κ2) is 7.41. The van der Waals surface area contributed by atoms with Crippen LogP contribution >= 0.6 is 0 Å². The van der Waals surface area contributed by atoms with Gasteiger partial charge in [0.1, 0.15) is 12.2 Å². The Hall–Kier alpha value is -1.24. The summed E-state index contributed by atoms with van der Waals surface area (Å²) in [5.41, 5.74) is -1.13. The van der Waals surface area contributed by atoms with Gasteiger partial charge in [-0.2, -0.15) is 4.39 Å². The van der Waals surface area contributed by atoms with E-state index in [1.807, 2.05) is 0 Å². The predicted molar refractivity (Wildman–Crippen MR) is 95.0 cm³/mol. The van der Waals surface area contributed by atoms with Crippen LogP contribution in [0.4, 0.5) is 8.78 Å². The Balaban J connectivity index is 1.64. The highest BCUT2D eigenvalue weighted by atomic mass is 19.2. The third-order valence-electron chi connectivity index (χ3n) is 6.01. The van der Waals surface area contributed by atoms with E-state index in [0.717, 1.165) is 38.3 Å². The smallest absolute Gasteiger partial charge is 0.200 e. The van der Waals surface area contributed by atoms with Gasteiger partial charge in [0.15, 0.2) is 11.6 Å². The molecule has 1 heterocycles. The standard InChI is InChI=1S/C20H29F2NO3/c1-19(2)9-6-14(7-10-19)23-11-8-17(24)20(25,12-23)13-26-16-5-3-4-15(21)18(16)22/h3-5,14,17,24-25H,6-13H2,1-2H3/t17-,20-/m0/s1. The summed E-state index contributed by atoms with van der Waals surface area (Å²) >= 11 is 0. The normalized spacial score (nSPS) is 30.3. The molecule has 1 saturated carbocycles. The zero-order valence-corrected chi connectivity index (χ0v) is 15.5. The zero-order valence-electron chi connectivity index (χ0n) is 15.5. The number of hydrogen-bond acceptors (Lipinski definition) is 4. The molecule has 0 aromatic heterocycles. The SMILES string of the molecule is CC1(C)CCC(N2CC[C@H](O)[C@@](O)(COc3cccc(F)c3F)C2)CC1. The van der Waals surface area contributed by atoms with Crippen LogP contribution in [-0.4, -0.2) is 52.6 Å². The van der Waals surface area contributed by atoms with E-state index in [-0.39, 0.29) is 18.9 Å². The largest absolute Gasteiger partial charge is 0.487 e. The fourth-order valence-corrected chi connectivity index (χ4v) is 4.09. The van der Waals surface area contributed by atoms with Crippen LogP contribution < -0.4 is 4.74 Å². The summed E-state index contributed by atoms with van der Waals surface area (Å²) in [6.07, 6.45) is 3.90. The van der Waals surface area contributed by atoms with E-state index in [2.05, 4.69) is 18.7 Å². The van der Waals surface area contributed by atoms with Crippen LogP contribution in [0, 0.1) is 17.0 Å². The molecule has 0 spiro atoms. The Morgan fingerprint density at radius 2 is 1.88 bits per heavy atom. The van der Waals surface area contributed by atoms with Gasteiger partial charge in [0.25, 0.3) is 0 Å². The third-order valence-corrected chi connectivity index (χ3v) is 6.01. The monoisotopic (exact) mass is 369 g/mol. The molecule has 1 aromatic rings. The Bertz CT molecular complexity index is 629. The van der Waals surface area contributed by atoms with Gasteiger partial charge in [0.2, 0.25) is 5.82 Å². The first-order valence-electron chi connectivity index (χ1n) is 9.41. The van der Waals surface area contributed by atoms with Crippen molar-refractivity contribution in [3.05, 3.63) is 29.8 Å². The molecule has 146 valence electrons. The predicted octanol–water partition coefficient (Wildman–Crippen LogP) is 3.11. The molecule has 0 unspecified atom stereocenters. The molecule has 1 aromatic carbocycles. The van der Waals surface area contributed by atoms with Crippen molar-refractivity contribution < 1.29 is 23.7 Å². The van der Waals surface area contributed by atoms with E-state index in [1.54, 1.807) is 0 Å². The van der Waals surface area contributed by atoms with Crippen molar-refractivity contribution in [3.8, 4) is 5.75 Å². The average molecular weight is 369 g/mol. The number of likely N-dealkylation sites (tertiary alicyclic amines) is 1. The van der Waals surface area contributed by atoms with Crippen LogP contribution in [0.3, 0.4) is 0 Å². The van der Waals surface area contributed by atoms with Crippen molar-refractivity contribution in [1.82, 2.24) is 4.90 Å². The van der Waals surface area contributed by atoms with Gasteiger partial charge < -0.3 is 14.9 Å². The summed E-state index contributed by atoms with van der Waals surface area (Å²) < 4.78 is 32.4. The summed E-state index contributed by atoms with van der Waals surface area (Å²) in [6.45, 7) is 5.28. The highest BCUT2D eigenvalue weighted by Gasteiger charge is 2.44. The van der Waals surface area contributed by atoms with Gasteiger partial charge >= 0.3 is 0 Å². The summed E-state index contributed by atoms with van der Waals surface area (Å²) in [6, 6.07) is 4.06. The van der Waals surface area contributed by atoms with Gasteiger partial charge in [0.05, 0.1) is 6.10 Å². The van der Waals surface area contributed by atoms with Crippen LogP contribution in [0.2, 0.25) is 0 Å². The molecule has 2 N–H and O–H groups in total. The van der Waals surface area contributed by atoms with E-state index in [0.29, 0.717) is 17.9 Å². The number of piperidine rings is 1. The molecule has 0 bridgehead atoms. The average Bonchev–Trinajstić information content (AvgIpc) is 2.59. The first kappa shape index (κ1) is 19.5. The molecule has 1 saturated heterocycles. The molecule has 4 nitrogen and oxygen atoms in total. The second-order valence-corrected chi connectivity index (χ2v) is 8.61. The van der Waals surface area contributed by atoms with Gasteiger partial charge in [-0.3, -0.25) is 4.90 Å². The second-order valence-electron chi connectivity index (χ2n) is 8.61. The van der Waals surface area contributed by atoms with Crippen LogP contribution in [-0.2, 0) is 0 Å². The zero-order chi connectivity index (χ0) is 18.9. The quantitative estimate of drug-likeness (QED) is 0.856. The lowest BCUT2D eigenvalue weighted by Crippen LogP contribution is -2.62. The number of halogens is 2. The molecule has 0 amide bonds. The molecular formula is C20H29F2NO3. The van der Waals surface area contributed by atoms with Crippen LogP contribution in [0.25, 0.3) is 0 Å². The van der Waals surface area contributed by atoms with E-state index in [1.165, 1.54) is 12.1 Å². The van der Waals surface area contributed by atoms with Crippen molar-refractivity contribution in [1.29, 1.82) is 0 Å². The minimum Gasteiger partial charge on any atom is -0.487 e. The summed E-state index contributed by atoms with van der Waals surface area (Å²) in [5, 5.41) is 21.2. The summed E-state index contributed by atoms with van der Waals surface area (Å²) in [5.74, 6) is -2.32. The number of rotatable bonds is 4. The maximum absolute atomic E-state index is 13.8. The topological polar surface area (TPSA) is 52.9 Å². The highest BCUT2D eigenvalue weighted by Crippen LogP contribution is 2.38. The molecule has 2 atom stereocenters. The number of benzene rings is 1. The molecule has 0 radical (unpaired) electrons. The Kier molecular flexibility index (Phi) is 5.56. The first-order chi connectivity index (χ1) is 12.2. The molecule has 1 aliphatic carbocycles. The van der Waals surface area contributed by atoms with Crippen molar-refractivity contribution in [3.63, 3.8) is 0 Å². The summed E-state index contributed by atoms with van der Waals surface area (Å²) in [7, 11) is 0. The van der Waals surface area contributed by atoms with Crippen LogP contribution in [0.15, 0.2) is 18.2 Å². The Morgan fingerprint density at radius 1 is 1.19 bits per heavy atom. The molecule has 1 aliphatic heterocycles. The third kappa shape index (κ3) is 4.18. The van der Waals surface area contributed by atoms with Crippen molar-refractivity contribution in [2.45, 2.75) is 63.7 Å². The van der Waals surface area contributed by atoms with E-state index in [4.69, 9.17) is 4.74 Å². The highest BCUT2D eigenvalue weighted by molar-refractivity contribution is 5.25. The van der Waals surface area contributed by atoms with E-state index in [9.17, 15) is 19.0 Å². The number of aliphatic hydroxyl groups is 2. The first-order valence-corrected chi connectivity index (χ1v) is 9.41. The number of aliphatic hydroxyl groups excluding tert-OH is 1. The molecule has 26 heavy (non-hydrogen) atoms. The fourth-order valence-electron chi connectivity index (χ4n) is 4.09. The maximum atomic E-state index is 13.8. The molecular weight excluding hydrogens is 340 g/mol. The number of hydrogen-bond donors (Lipinski definition) is 2.